The minimum atomic E-state index is -0.472. The molecular formula is C15H21N3O2. The van der Waals surface area contributed by atoms with E-state index >= 15 is 0 Å². The highest BCUT2D eigenvalue weighted by Crippen LogP contribution is 2.06. The largest absolute Gasteiger partial charge is 0.444 e. The van der Waals surface area contributed by atoms with Gasteiger partial charge in [0.1, 0.15) is 5.60 Å². The van der Waals surface area contributed by atoms with E-state index in [1.165, 1.54) is 0 Å². The summed E-state index contributed by atoms with van der Waals surface area (Å²) in [5, 5.41) is 14.6. The third kappa shape index (κ3) is 6.76. The highest BCUT2D eigenvalue weighted by molar-refractivity contribution is 5.67. The molecule has 0 heterocycles. The first kappa shape index (κ1) is 16.0. The molecule has 5 nitrogen and oxygen atoms in total. The van der Waals surface area contributed by atoms with E-state index in [0.29, 0.717) is 25.2 Å². The average molecular weight is 275 g/mol. The van der Waals surface area contributed by atoms with Gasteiger partial charge in [-0.25, -0.2) is 4.79 Å². The molecule has 0 atom stereocenters. The Kier molecular flexibility index (Phi) is 6.01. The van der Waals surface area contributed by atoms with Crippen LogP contribution in [-0.2, 0) is 11.3 Å². The number of ether oxygens (including phenoxy) is 1. The van der Waals surface area contributed by atoms with Crippen molar-refractivity contribution in [3.63, 3.8) is 0 Å². The number of carbonyl (C=O) groups excluding carboxylic acids is 1. The molecule has 0 spiro atoms. The highest BCUT2D eigenvalue weighted by Gasteiger charge is 2.15. The molecule has 1 rings (SSSR count). The van der Waals surface area contributed by atoms with E-state index in [1.54, 1.807) is 12.1 Å². The summed E-state index contributed by atoms with van der Waals surface area (Å²) in [6.07, 6.45) is -0.405. The minimum Gasteiger partial charge on any atom is -0.444 e. The minimum absolute atomic E-state index is 0.405. The Balaban J connectivity index is 2.16. The van der Waals surface area contributed by atoms with E-state index < -0.39 is 11.7 Å². The molecule has 0 bridgehead atoms. The van der Waals surface area contributed by atoms with E-state index in [2.05, 4.69) is 16.7 Å². The van der Waals surface area contributed by atoms with Crippen molar-refractivity contribution < 1.29 is 9.53 Å². The molecule has 0 aliphatic rings. The fourth-order valence-corrected chi connectivity index (χ4v) is 1.50. The second-order valence-electron chi connectivity index (χ2n) is 5.41. The van der Waals surface area contributed by atoms with Crippen LogP contribution < -0.4 is 10.6 Å². The van der Waals surface area contributed by atoms with Gasteiger partial charge in [-0.3, -0.25) is 0 Å². The number of nitrogens with one attached hydrogen (secondary N) is 2. The quantitative estimate of drug-likeness (QED) is 0.808. The summed E-state index contributed by atoms with van der Waals surface area (Å²) < 4.78 is 5.12. The SMILES string of the molecule is CC(C)(C)OC(=O)NCCNCc1ccc(C#N)cc1. The van der Waals surface area contributed by atoms with Crippen LogP contribution in [0.2, 0.25) is 0 Å². The molecule has 0 aliphatic carbocycles. The Labute approximate surface area is 119 Å². The summed E-state index contributed by atoms with van der Waals surface area (Å²) in [4.78, 5) is 11.4. The van der Waals surface area contributed by atoms with Crippen molar-refractivity contribution in [3.05, 3.63) is 35.4 Å². The summed E-state index contributed by atoms with van der Waals surface area (Å²) in [5.74, 6) is 0. The first-order chi connectivity index (χ1) is 9.40. The maximum absolute atomic E-state index is 11.4. The Bertz CT molecular complexity index is 469. The van der Waals surface area contributed by atoms with Gasteiger partial charge in [0.15, 0.2) is 0 Å². The number of benzene rings is 1. The summed E-state index contributed by atoms with van der Waals surface area (Å²) in [7, 11) is 0. The Morgan fingerprint density at radius 3 is 2.45 bits per heavy atom. The fourth-order valence-electron chi connectivity index (χ4n) is 1.50. The molecule has 1 aromatic rings. The number of rotatable bonds is 5. The first-order valence-corrected chi connectivity index (χ1v) is 6.57. The van der Waals surface area contributed by atoms with E-state index in [9.17, 15) is 4.79 Å². The standard InChI is InChI=1S/C15H21N3O2/c1-15(2,3)20-14(19)18-9-8-17-11-13-6-4-12(10-16)5-7-13/h4-7,17H,8-9,11H2,1-3H3,(H,18,19). The smallest absolute Gasteiger partial charge is 0.407 e. The molecule has 0 aliphatic heterocycles. The van der Waals surface area contributed by atoms with Gasteiger partial charge in [0, 0.05) is 19.6 Å². The Hall–Kier alpha value is -2.06. The van der Waals surface area contributed by atoms with Gasteiger partial charge in [-0.1, -0.05) is 12.1 Å². The van der Waals surface area contributed by atoms with Gasteiger partial charge >= 0.3 is 6.09 Å². The van der Waals surface area contributed by atoms with Crippen LogP contribution in [0.5, 0.6) is 0 Å². The third-order valence-corrected chi connectivity index (χ3v) is 2.38. The van der Waals surface area contributed by atoms with Crippen molar-refractivity contribution in [1.29, 1.82) is 5.26 Å². The van der Waals surface area contributed by atoms with E-state index in [-0.39, 0.29) is 0 Å². The topological polar surface area (TPSA) is 74.2 Å². The lowest BCUT2D eigenvalue weighted by molar-refractivity contribution is 0.0528. The van der Waals surface area contributed by atoms with Crippen LogP contribution >= 0.6 is 0 Å². The lowest BCUT2D eigenvalue weighted by atomic mass is 10.1. The third-order valence-electron chi connectivity index (χ3n) is 2.38. The van der Waals surface area contributed by atoms with Gasteiger partial charge in [-0.05, 0) is 38.5 Å². The number of nitrogens with zero attached hydrogens (tertiary/aromatic N) is 1. The van der Waals surface area contributed by atoms with E-state index in [4.69, 9.17) is 10.00 Å². The van der Waals surface area contributed by atoms with Crippen molar-refractivity contribution in [2.75, 3.05) is 13.1 Å². The lowest BCUT2D eigenvalue weighted by Gasteiger charge is -2.19. The van der Waals surface area contributed by atoms with Crippen LogP contribution in [0.3, 0.4) is 0 Å². The number of amides is 1. The van der Waals surface area contributed by atoms with Crippen LogP contribution in [0.1, 0.15) is 31.9 Å². The summed E-state index contributed by atoms with van der Waals surface area (Å²) >= 11 is 0. The first-order valence-electron chi connectivity index (χ1n) is 6.57. The van der Waals surface area contributed by atoms with Gasteiger partial charge < -0.3 is 15.4 Å². The van der Waals surface area contributed by atoms with E-state index in [0.717, 1.165) is 5.56 Å². The Morgan fingerprint density at radius 1 is 1.25 bits per heavy atom. The second kappa shape index (κ2) is 7.51. The molecule has 1 amide bonds. The number of carbonyl (C=O) groups is 1. The predicted molar refractivity (Wildman–Crippen MR) is 77.1 cm³/mol. The van der Waals surface area contributed by atoms with Crippen molar-refractivity contribution in [2.45, 2.75) is 32.9 Å². The van der Waals surface area contributed by atoms with Crippen molar-refractivity contribution in [2.24, 2.45) is 0 Å². The maximum Gasteiger partial charge on any atom is 0.407 e. The summed E-state index contributed by atoms with van der Waals surface area (Å²) in [5.41, 5.74) is 1.28. The molecule has 0 aromatic heterocycles. The normalized spacial score (nSPS) is 10.7. The second-order valence-corrected chi connectivity index (χ2v) is 5.41. The van der Waals surface area contributed by atoms with Crippen LogP contribution in [0.25, 0.3) is 0 Å². The molecule has 108 valence electrons. The van der Waals surface area contributed by atoms with Crippen LogP contribution in [-0.4, -0.2) is 24.8 Å². The monoisotopic (exact) mass is 275 g/mol. The molecule has 0 fully saturated rings. The van der Waals surface area contributed by atoms with E-state index in [1.807, 2.05) is 32.9 Å². The molecule has 0 saturated heterocycles. The molecule has 0 radical (unpaired) electrons. The van der Waals surface area contributed by atoms with Gasteiger partial charge in [0.2, 0.25) is 0 Å². The van der Waals surface area contributed by atoms with Gasteiger partial charge in [-0.2, -0.15) is 5.26 Å². The molecule has 0 saturated carbocycles. The maximum atomic E-state index is 11.4. The average Bonchev–Trinajstić information content (AvgIpc) is 2.37. The number of alkyl carbamates (subject to hydrolysis) is 1. The molecular weight excluding hydrogens is 254 g/mol. The summed E-state index contributed by atoms with van der Waals surface area (Å²) in [6, 6.07) is 9.47. The number of nitriles is 1. The zero-order chi connectivity index (χ0) is 15.0. The van der Waals surface area contributed by atoms with Crippen molar-refractivity contribution in [3.8, 4) is 6.07 Å². The van der Waals surface area contributed by atoms with Crippen LogP contribution in [0, 0.1) is 11.3 Å². The summed E-state index contributed by atoms with van der Waals surface area (Å²) in [6.45, 7) is 7.34. The zero-order valence-electron chi connectivity index (χ0n) is 12.2. The molecule has 5 heteroatoms. The van der Waals surface area contributed by atoms with Crippen molar-refractivity contribution in [1.82, 2.24) is 10.6 Å². The van der Waals surface area contributed by atoms with Gasteiger partial charge in [0.05, 0.1) is 11.6 Å². The van der Waals surface area contributed by atoms with Crippen molar-refractivity contribution >= 4 is 6.09 Å². The van der Waals surface area contributed by atoms with Gasteiger partial charge in [0.25, 0.3) is 0 Å². The molecule has 1 aromatic carbocycles. The van der Waals surface area contributed by atoms with Crippen LogP contribution in [0.4, 0.5) is 4.79 Å². The molecule has 2 N–H and O–H groups in total. The Morgan fingerprint density at radius 2 is 1.90 bits per heavy atom. The number of hydrogen-bond acceptors (Lipinski definition) is 4. The molecule has 0 unspecified atom stereocenters. The lowest BCUT2D eigenvalue weighted by Crippen LogP contribution is -2.36. The predicted octanol–water partition coefficient (Wildman–Crippen LogP) is 2.17. The van der Waals surface area contributed by atoms with Gasteiger partial charge in [-0.15, -0.1) is 0 Å². The highest BCUT2D eigenvalue weighted by atomic mass is 16.6. The zero-order valence-corrected chi connectivity index (χ0v) is 12.2. The fraction of sp³-hybridized carbons (Fsp3) is 0.467. The molecule has 20 heavy (non-hydrogen) atoms. The number of hydrogen-bond donors (Lipinski definition) is 2. The van der Waals surface area contributed by atoms with Crippen LogP contribution in [0.15, 0.2) is 24.3 Å².